The molecule has 1 fully saturated rings. The molecule has 1 saturated carbocycles. The first kappa shape index (κ1) is 11.3. The highest BCUT2D eigenvalue weighted by molar-refractivity contribution is 5.46. The van der Waals surface area contributed by atoms with Gasteiger partial charge in [-0.05, 0) is 31.9 Å². The molecule has 0 saturated heterocycles. The van der Waals surface area contributed by atoms with Crippen LogP contribution in [0.5, 0.6) is 0 Å². The maximum atomic E-state index is 13.0. The predicted octanol–water partition coefficient (Wildman–Crippen LogP) is 2.76. The zero-order valence-electron chi connectivity index (χ0n) is 10.4. The van der Waals surface area contributed by atoms with Gasteiger partial charge in [-0.15, -0.1) is 0 Å². The van der Waals surface area contributed by atoms with E-state index in [1.165, 1.54) is 5.56 Å². The third-order valence-electron chi connectivity index (χ3n) is 3.67. The van der Waals surface area contributed by atoms with Crippen molar-refractivity contribution in [1.29, 1.82) is 0 Å². The van der Waals surface area contributed by atoms with E-state index < -0.39 is 0 Å². The van der Waals surface area contributed by atoms with Crippen molar-refractivity contribution < 1.29 is 4.39 Å². The van der Waals surface area contributed by atoms with E-state index in [1.807, 2.05) is 31.2 Å². The van der Waals surface area contributed by atoms with E-state index in [4.69, 9.17) is 5.73 Å². The molecule has 0 bridgehead atoms. The second-order valence-electron chi connectivity index (χ2n) is 5.12. The van der Waals surface area contributed by atoms with Gasteiger partial charge in [-0.3, -0.25) is 4.39 Å². The first-order chi connectivity index (χ1) is 8.64. The Morgan fingerprint density at radius 3 is 2.56 bits per heavy atom. The predicted molar refractivity (Wildman–Crippen MR) is 69.6 cm³/mol. The van der Waals surface area contributed by atoms with E-state index >= 15 is 0 Å². The molecule has 1 heterocycles. The molecule has 3 rings (SSSR count). The Labute approximate surface area is 105 Å². The van der Waals surface area contributed by atoms with Crippen molar-refractivity contribution in [2.24, 2.45) is 0 Å². The zero-order chi connectivity index (χ0) is 12.8. The van der Waals surface area contributed by atoms with E-state index in [0.29, 0.717) is 5.82 Å². The van der Waals surface area contributed by atoms with Crippen LogP contribution in [0.15, 0.2) is 30.3 Å². The van der Waals surface area contributed by atoms with Crippen molar-refractivity contribution >= 4 is 5.82 Å². The molecule has 1 aliphatic carbocycles. The number of hydrogen-bond donors (Lipinski definition) is 1. The second-order valence-corrected chi connectivity index (χ2v) is 5.12. The molecule has 2 aromatic rings. The largest absolute Gasteiger partial charge is 0.384 e. The van der Waals surface area contributed by atoms with Crippen LogP contribution < -0.4 is 5.73 Å². The van der Waals surface area contributed by atoms with Crippen molar-refractivity contribution in [3.05, 3.63) is 41.6 Å². The number of nitrogens with two attached hydrogens (primary N) is 1. The molecule has 94 valence electrons. The van der Waals surface area contributed by atoms with E-state index in [2.05, 4.69) is 5.10 Å². The smallest absolute Gasteiger partial charge is 0.127 e. The van der Waals surface area contributed by atoms with Crippen LogP contribution in [0.3, 0.4) is 0 Å². The van der Waals surface area contributed by atoms with Crippen molar-refractivity contribution in [2.75, 3.05) is 12.4 Å². The van der Waals surface area contributed by atoms with Gasteiger partial charge in [0.15, 0.2) is 0 Å². The van der Waals surface area contributed by atoms with Gasteiger partial charge in [0.05, 0.1) is 11.4 Å². The summed E-state index contributed by atoms with van der Waals surface area (Å²) >= 11 is 0. The summed E-state index contributed by atoms with van der Waals surface area (Å²) in [5, 5.41) is 4.47. The normalized spacial score (nSPS) is 16.8. The number of halogens is 1. The lowest BCUT2D eigenvalue weighted by molar-refractivity contribution is 0.410. The summed E-state index contributed by atoms with van der Waals surface area (Å²) in [6.07, 6.45) is 1.74. The number of benzene rings is 1. The van der Waals surface area contributed by atoms with Crippen LogP contribution >= 0.6 is 0 Å². The summed E-state index contributed by atoms with van der Waals surface area (Å²) in [6.45, 7) is 1.68. The van der Waals surface area contributed by atoms with Gasteiger partial charge in [-0.2, -0.15) is 5.10 Å². The number of alkyl halides is 1. The number of anilines is 1. The van der Waals surface area contributed by atoms with Gasteiger partial charge in [-0.1, -0.05) is 17.7 Å². The summed E-state index contributed by atoms with van der Waals surface area (Å²) in [5.41, 5.74) is 8.50. The Bertz CT molecular complexity index is 567. The molecule has 0 radical (unpaired) electrons. The number of nitrogen functional groups attached to an aromatic ring is 1. The van der Waals surface area contributed by atoms with E-state index in [0.717, 1.165) is 24.2 Å². The highest BCUT2D eigenvalue weighted by atomic mass is 19.1. The molecule has 1 aromatic carbocycles. The lowest BCUT2D eigenvalue weighted by Crippen LogP contribution is -2.10. The van der Waals surface area contributed by atoms with Crippen LogP contribution in [0.1, 0.15) is 24.1 Å². The van der Waals surface area contributed by atoms with Gasteiger partial charge in [0.25, 0.3) is 0 Å². The number of nitrogens with zero attached hydrogens (tertiary/aromatic N) is 2. The van der Waals surface area contributed by atoms with Crippen LogP contribution in [0.4, 0.5) is 10.2 Å². The van der Waals surface area contributed by atoms with E-state index in [-0.39, 0.29) is 12.1 Å². The van der Waals surface area contributed by atoms with Gasteiger partial charge in [0.2, 0.25) is 0 Å². The third-order valence-corrected chi connectivity index (χ3v) is 3.67. The minimum Gasteiger partial charge on any atom is -0.384 e. The fourth-order valence-corrected chi connectivity index (χ4v) is 2.16. The standard InChI is InChI=1S/C14H16FN3/c1-10-2-4-11(5-3-10)18-13(16)8-12(17-18)14(9-15)6-7-14/h2-5,8H,6-7,9,16H2,1H3. The Morgan fingerprint density at radius 2 is 2.00 bits per heavy atom. The number of rotatable bonds is 3. The first-order valence-corrected chi connectivity index (χ1v) is 6.14. The summed E-state index contributed by atoms with van der Waals surface area (Å²) in [6, 6.07) is 9.76. The molecule has 0 spiro atoms. The Hall–Kier alpha value is -1.84. The Kier molecular flexibility index (Phi) is 2.40. The van der Waals surface area contributed by atoms with Crippen molar-refractivity contribution in [3.8, 4) is 5.69 Å². The molecular weight excluding hydrogens is 229 g/mol. The van der Waals surface area contributed by atoms with Crippen LogP contribution in [0.2, 0.25) is 0 Å². The van der Waals surface area contributed by atoms with Crippen molar-refractivity contribution in [2.45, 2.75) is 25.2 Å². The quantitative estimate of drug-likeness (QED) is 0.903. The Balaban J connectivity index is 2.00. The average Bonchev–Trinajstić information content (AvgIpc) is 3.08. The SMILES string of the molecule is Cc1ccc(-n2nc(C3(CF)CC3)cc2N)cc1. The van der Waals surface area contributed by atoms with Crippen LogP contribution in [-0.2, 0) is 5.41 Å². The third kappa shape index (κ3) is 1.68. The summed E-state index contributed by atoms with van der Waals surface area (Å²) in [5.74, 6) is 0.563. The summed E-state index contributed by atoms with van der Waals surface area (Å²) < 4.78 is 14.7. The van der Waals surface area contributed by atoms with Gasteiger partial charge in [-0.25, -0.2) is 4.68 Å². The van der Waals surface area contributed by atoms with E-state index in [9.17, 15) is 4.39 Å². The van der Waals surface area contributed by atoms with Crippen molar-refractivity contribution in [1.82, 2.24) is 9.78 Å². The minimum absolute atomic E-state index is 0.350. The molecule has 0 atom stereocenters. The molecule has 0 unspecified atom stereocenters. The molecule has 3 nitrogen and oxygen atoms in total. The van der Waals surface area contributed by atoms with Crippen LogP contribution in [0.25, 0.3) is 5.69 Å². The molecule has 18 heavy (non-hydrogen) atoms. The summed E-state index contributed by atoms with van der Waals surface area (Å²) in [7, 11) is 0. The maximum absolute atomic E-state index is 13.0. The first-order valence-electron chi connectivity index (χ1n) is 6.14. The number of hydrogen-bond acceptors (Lipinski definition) is 2. The molecule has 2 N–H and O–H groups in total. The highest BCUT2D eigenvalue weighted by Gasteiger charge is 2.47. The van der Waals surface area contributed by atoms with Gasteiger partial charge >= 0.3 is 0 Å². The topological polar surface area (TPSA) is 43.8 Å². The molecular formula is C14H16FN3. The fraction of sp³-hybridized carbons (Fsp3) is 0.357. The fourth-order valence-electron chi connectivity index (χ4n) is 2.16. The monoisotopic (exact) mass is 245 g/mol. The second kappa shape index (κ2) is 3.83. The van der Waals surface area contributed by atoms with Crippen molar-refractivity contribution in [3.63, 3.8) is 0 Å². The lowest BCUT2D eigenvalue weighted by Gasteiger charge is -2.06. The number of aryl methyl sites for hydroxylation is 1. The number of aromatic nitrogens is 2. The van der Waals surface area contributed by atoms with Crippen LogP contribution in [0, 0.1) is 6.92 Å². The minimum atomic E-state index is -0.357. The van der Waals surface area contributed by atoms with E-state index in [1.54, 1.807) is 10.7 Å². The molecule has 0 aliphatic heterocycles. The summed E-state index contributed by atoms with van der Waals surface area (Å²) in [4.78, 5) is 0. The van der Waals surface area contributed by atoms with Gasteiger partial charge in [0, 0.05) is 11.5 Å². The average molecular weight is 245 g/mol. The zero-order valence-corrected chi connectivity index (χ0v) is 10.4. The van der Waals surface area contributed by atoms with Crippen LogP contribution in [-0.4, -0.2) is 16.5 Å². The lowest BCUT2D eigenvalue weighted by atomic mass is 10.1. The molecule has 4 heteroatoms. The van der Waals surface area contributed by atoms with Gasteiger partial charge in [0.1, 0.15) is 12.5 Å². The van der Waals surface area contributed by atoms with Gasteiger partial charge < -0.3 is 5.73 Å². The molecule has 1 aromatic heterocycles. The molecule has 1 aliphatic rings. The Morgan fingerprint density at radius 1 is 1.33 bits per heavy atom. The highest BCUT2D eigenvalue weighted by Crippen LogP contribution is 2.48. The molecule has 0 amide bonds. The maximum Gasteiger partial charge on any atom is 0.127 e.